The van der Waals surface area contributed by atoms with E-state index in [4.69, 9.17) is 9.47 Å². The molecule has 0 aromatic heterocycles. The molecule has 1 aliphatic heterocycles. The Morgan fingerprint density at radius 1 is 1.28 bits per heavy atom. The van der Waals surface area contributed by atoms with Crippen LogP contribution in [0, 0.1) is 0 Å². The maximum Gasteiger partial charge on any atom is 0.238 e. The Balaban J connectivity index is 1.78. The average molecular weight is 256 g/mol. The molecule has 5 heteroatoms. The number of ether oxygens (including phenoxy) is 2. The summed E-state index contributed by atoms with van der Waals surface area (Å²) in [5.74, 6) is -0.184. The molecule has 1 saturated carbocycles. The van der Waals surface area contributed by atoms with Gasteiger partial charge in [0.1, 0.15) is 0 Å². The molecule has 1 saturated heterocycles. The van der Waals surface area contributed by atoms with Crippen molar-refractivity contribution in [1.29, 1.82) is 0 Å². The summed E-state index contributed by atoms with van der Waals surface area (Å²) >= 11 is 0. The van der Waals surface area contributed by atoms with Gasteiger partial charge in [-0.2, -0.15) is 0 Å². The van der Waals surface area contributed by atoms with Crippen LogP contribution in [0.3, 0.4) is 0 Å². The van der Waals surface area contributed by atoms with Crippen LogP contribution in [0.15, 0.2) is 0 Å². The van der Waals surface area contributed by atoms with E-state index in [0.29, 0.717) is 19.3 Å². The number of nitrogens with one attached hydrogen (secondary N) is 1. The van der Waals surface area contributed by atoms with Gasteiger partial charge in [-0.1, -0.05) is 0 Å². The van der Waals surface area contributed by atoms with Gasteiger partial charge in [-0.3, -0.25) is 4.79 Å². The van der Waals surface area contributed by atoms with Crippen molar-refractivity contribution in [2.45, 2.75) is 50.5 Å². The molecule has 2 rings (SSSR count). The molecule has 1 amide bonds. The number of carbonyl (C=O) groups is 1. The lowest BCUT2D eigenvalue weighted by Gasteiger charge is -2.36. The molecule has 1 atom stereocenters. The van der Waals surface area contributed by atoms with Gasteiger partial charge in [0.25, 0.3) is 0 Å². The molecule has 1 unspecified atom stereocenters. The lowest BCUT2D eigenvalue weighted by atomic mass is 9.89. The van der Waals surface area contributed by atoms with Gasteiger partial charge in [0.2, 0.25) is 5.91 Å². The average Bonchev–Trinajstić information content (AvgIpc) is 2.80. The van der Waals surface area contributed by atoms with Crippen LogP contribution in [0.1, 0.15) is 32.6 Å². The maximum absolute atomic E-state index is 11.8. The quantitative estimate of drug-likeness (QED) is 0.809. The van der Waals surface area contributed by atoms with E-state index in [1.807, 2.05) is 6.92 Å². The Morgan fingerprint density at radius 2 is 1.83 bits per heavy atom. The van der Waals surface area contributed by atoms with Crippen LogP contribution < -0.4 is 5.32 Å². The van der Waals surface area contributed by atoms with Crippen molar-refractivity contribution in [1.82, 2.24) is 10.2 Å². The highest BCUT2D eigenvalue weighted by Gasteiger charge is 2.40. The van der Waals surface area contributed by atoms with Crippen LogP contribution in [-0.2, 0) is 14.3 Å². The second-order valence-corrected chi connectivity index (χ2v) is 5.50. The van der Waals surface area contributed by atoms with Gasteiger partial charge >= 0.3 is 0 Å². The van der Waals surface area contributed by atoms with E-state index in [9.17, 15) is 4.79 Å². The predicted molar refractivity (Wildman–Crippen MR) is 68.2 cm³/mol. The van der Waals surface area contributed by atoms with Crippen LogP contribution in [0.5, 0.6) is 0 Å². The van der Waals surface area contributed by atoms with E-state index in [0.717, 1.165) is 25.7 Å². The third-order valence-electron chi connectivity index (χ3n) is 3.86. The standard InChI is InChI=1S/C13H24N2O3/c1-10(12(16)15(2)3)14-11-4-6-13(7-5-11)17-8-9-18-13/h10-11,14H,4-9H2,1-3H3. The Hall–Kier alpha value is -0.650. The molecular formula is C13H24N2O3. The van der Waals surface area contributed by atoms with Crippen molar-refractivity contribution in [2.24, 2.45) is 0 Å². The fourth-order valence-electron chi connectivity index (χ4n) is 2.82. The maximum atomic E-state index is 11.8. The first-order valence-corrected chi connectivity index (χ1v) is 6.77. The number of amides is 1. The van der Waals surface area contributed by atoms with E-state index < -0.39 is 0 Å². The predicted octanol–water partition coefficient (Wildman–Crippen LogP) is 0.738. The zero-order valence-electron chi connectivity index (χ0n) is 11.6. The first kappa shape index (κ1) is 13.8. The Bertz CT molecular complexity index is 291. The van der Waals surface area contributed by atoms with Crippen LogP contribution >= 0.6 is 0 Å². The van der Waals surface area contributed by atoms with Crippen molar-refractivity contribution in [3.63, 3.8) is 0 Å². The van der Waals surface area contributed by atoms with Gasteiger partial charge in [0, 0.05) is 33.0 Å². The van der Waals surface area contributed by atoms with E-state index in [2.05, 4.69) is 5.32 Å². The summed E-state index contributed by atoms with van der Waals surface area (Å²) in [6.45, 7) is 3.36. The van der Waals surface area contributed by atoms with Crippen molar-refractivity contribution in [3.05, 3.63) is 0 Å². The molecule has 0 aromatic carbocycles. The SMILES string of the molecule is CC(NC1CCC2(CC1)OCCO2)C(=O)N(C)C. The molecule has 5 nitrogen and oxygen atoms in total. The Kier molecular flexibility index (Phi) is 4.25. The topological polar surface area (TPSA) is 50.8 Å². The molecule has 1 N–H and O–H groups in total. The largest absolute Gasteiger partial charge is 0.348 e. The summed E-state index contributed by atoms with van der Waals surface area (Å²) in [6, 6.07) is 0.270. The highest BCUT2D eigenvalue weighted by atomic mass is 16.7. The van der Waals surface area contributed by atoms with Gasteiger partial charge in [-0.15, -0.1) is 0 Å². The zero-order valence-corrected chi connectivity index (χ0v) is 11.6. The summed E-state index contributed by atoms with van der Waals surface area (Å²) in [4.78, 5) is 13.4. The monoisotopic (exact) mass is 256 g/mol. The smallest absolute Gasteiger partial charge is 0.238 e. The van der Waals surface area contributed by atoms with Crippen molar-refractivity contribution >= 4 is 5.91 Å². The van der Waals surface area contributed by atoms with E-state index in [1.54, 1.807) is 19.0 Å². The van der Waals surface area contributed by atoms with E-state index in [1.165, 1.54) is 0 Å². The minimum atomic E-state index is -0.313. The van der Waals surface area contributed by atoms with Gasteiger partial charge in [-0.05, 0) is 19.8 Å². The Morgan fingerprint density at radius 3 is 2.33 bits per heavy atom. The van der Waals surface area contributed by atoms with Crippen LogP contribution in [-0.4, -0.2) is 56.0 Å². The number of nitrogens with zero attached hydrogens (tertiary/aromatic N) is 1. The molecule has 1 aliphatic carbocycles. The number of likely N-dealkylation sites (N-methyl/N-ethyl adjacent to an activating group) is 1. The van der Waals surface area contributed by atoms with Gasteiger partial charge in [-0.25, -0.2) is 0 Å². The fourth-order valence-corrected chi connectivity index (χ4v) is 2.82. The second-order valence-electron chi connectivity index (χ2n) is 5.50. The number of hydrogen-bond donors (Lipinski definition) is 1. The zero-order chi connectivity index (χ0) is 13.2. The van der Waals surface area contributed by atoms with Crippen molar-refractivity contribution in [2.75, 3.05) is 27.3 Å². The van der Waals surface area contributed by atoms with Crippen LogP contribution in [0.2, 0.25) is 0 Å². The molecular weight excluding hydrogens is 232 g/mol. The summed E-state index contributed by atoms with van der Waals surface area (Å²) in [6.07, 6.45) is 3.86. The number of hydrogen-bond acceptors (Lipinski definition) is 4. The van der Waals surface area contributed by atoms with Gasteiger partial charge in [0.15, 0.2) is 5.79 Å². The minimum absolute atomic E-state index is 0.121. The molecule has 1 spiro atoms. The van der Waals surface area contributed by atoms with Crippen LogP contribution in [0.25, 0.3) is 0 Å². The van der Waals surface area contributed by atoms with Gasteiger partial charge < -0.3 is 19.7 Å². The number of rotatable bonds is 3. The molecule has 0 aromatic rings. The summed E-state index contributed by atoms with van der Waals surface area (Å²) in [7, 11) is 3.58. The van der Waals surface area contributed by atoms with E-state index in [-0.39, 0.29) is 17.7 Å². The van der Waals surface area contributed by atoms with E-state index >= 15 is 0 Å². The second kappa shape index (κ2) is 5.55. The van der Waals surface area contributed by atoms with Crippen molar-refractivity contribution < 1.29 is 14.3 Å². The molecule has 0 bridgehead atoms. The molecule has 0 radical (unpaired) electrons. The minimum Gasteiger partial charge on any atom is -0.348 e. The van der Waals surface area contributed by atoms with Crippen LogP contribution in [0.4, 0.5) is 0 Å². The molecule has 1 heterocycles. The summed E-state index contributed by atoms with van der Waals surface area (Å²) in [5.41, 5.74) is 0. The van der Waals surface area contributed by atoms with Crippen molar-refractivity contribution in [3.8, 4) is 0 Å². The molecule has 104 valence electrons. The lowest BCUT2D eigenvalue weighted by Crippen LogP contribution is -2.49. The lowest BCUT2D eigenvalue weighted by molar-refractivity contribution is -0.179. The highest BCUT2D eigenvalue weighted by Crippen LogP contribution is 2.35. The van der Waals surface area contributed by atoms with Gasteiger partial charge in [0.05, 0.1) is 19.3 Å². The summed E-state index contributed by atoms with van der Waals surface area (Å²) < 4.78 is 11.4. The molecule has 18 heavy (non-hydrogen) atoms. The fraction of sp³-hybridized carbons (Fsp3) is 0.923. The highest BCUT2D eigenvalue weighted by molar-refractivity contribution is 5.80. The summed E-state index contributed by atoms with van der Waals surface area (Å²) in [5, 5.41) is 3.40. The Labute approximate surface area is 109 Å². The normalized spacial score (nSPS) is 25.3. The third kappa shape index (κ3) is 3.02. The number of carbonyl (C=O) groups excluding carboxylic acids is 1. The third-order valence-corrected chi connectivity index (χ3v) is 3.86. The molecule has 2 aliphatic rings. The molecule has 2 fully saturated rings. The first-order chi connectivity index (χ1) is 8.52. The first-order valence-electron chi connectivity index (χ1n) is 6.77.